The monoisotopic (exact) mass is 213 g/mol. The summed E-state index contributed by atoms with van der Waals surface area (Å²) in [5.74, 6) is 0. The molecule has 1 rings (SSSR count). The van der Waals surface area contributed by atoms with E-state index in [1.165, 1.54) is 4.88 Å². The lowest BCUT2D eigenvalue weighted by atomic mass is 10.1. The Morgan fingerprint density at radius 2 is 2.14 bits per heavy atom. The van der Waals surface area contributed by atoms with Crippen LogP contribution in [0.15, 0.2) is 6.20 Å². The van der Waals surface area contributed by atoms with Crippen LogP contribution in [0.25, 0.3) is 0 Å². The number of rotatable bonds is 4. The van der Waals surface area contributed by atoms with E-state index in [0.29, 0.717) is 0 Å². The predicted molar refractivity (Wildman–Crippen MR) is 63.1 cm³/mol. The van der Waals surface area contributed by atoms with Crippen LogP contribution in [0.3, 0.4) is 0 Å². The van der Waals surface area contributed by atoms with Gasteiger partial charge in [-0.2, -0.15) is 0 Å². The predicted octanol–water partition coefficient (Wildman–Crippen LogP) is 2.20. The molecule has 1 aromatic heterocycles. The highest BCUT2D eigenvalue weighted by molar-refractivity contribution is 7.15. The molecule has 0 saturated heterocycles. The molecule has 0 spiro atoms. The van der Waals surface area contributed by atoms with Crippen LogP contribution in [0.2, 0.25) is 0 Å². The number of hydrogen-bond acceptors (Lipinski definition) is 4. The minimum absolute atomic E-state index is 0.152. The van der Waals surface area contributed by atoms with Gasteiger partial charge in [-0.3, -0.25) is 0 Å². The number of anilines is 1. The van der Waals surface area contributed by atoms with Crippen molar-refractivity contribution < 1.29 is 0 Å². The first-order valence-corrected chi connectivity index (χ1v) is 5.57. The maximum absolute atomic E-state index is 4.27. The highest BCUT2D eigenvalue weighted by atomic mass is 32.1. The zero-order valence-electron chi connectivity index (χ0n) is 9.59. The molecule has 80 valence electrons. The van der Waals surface area contributed by atoms with Crippen LogP contribution in [-0.2, 0) is 0 Å². The zero-order valence-corrected chi connectivity index (χ0v) is 10.4. The number of nitrogens with one attached hydrogen (secondary N) is 1. The van der Waals surface area contributed by atoms with E-state index >= 15 is 0 Å². The topological polar surface area (TPSA) is 28.2 Å². The summed E-state index contributed by atoms with van der Waals surface area (Å²) < 4.78 is 0. The Kier molecular flexibility index (Phi) is 3.50. The van der Waals surface area contributed by atoms with E-state index in [0.717, 1.165) is 11.7 Å². The van der Waals surface area contributed by atoms with E-state index in [1.54, 1.807) is 11.3 Å². The van der Waals surface area contributed by atoms with Gasteiger partial charge in [0.25, 0.3) is 0 Å². The maximum Gasteiger partial charge on any atom is 0.182 e. The zero-order chi connectivity index (χ0) is 10.8. The third-order valence-corrected chi connectivity index (χ3v) is 3.37. The Hall–Kier alpha value is -0.610. The van der Waals surface area contributed by atoms with E-state index < -0.39 is 0 Å². The molecule has 0 aliphatic rings. The Labute approximate surface area is 90.2 Å². The smallest absolute Gasteiger partial charge is 0.182 e. The Balaban J connectivity index is 2.48. The molecule has 4 heteroatoms. The van der Waals surface area contributed by atoms with Gasteiger partial charge < -0.3 is 10.2 Å². The third kappa shape index (κ3) is 2.96. The molecule has 0 radical (unpaired) electrons. The van der Waals surface area contributed by atoms with Gasteiger partial charge in [-0.25, -0.2) is 4.98 Å². The van der Waals surface area contributed by atoms with E-state index in [1.807, 2.05) is 6.20 Å². The lowest BCUT2D eigenvalue weighted by molar-refractivity contribution is 0.210. The van der Waals surface area contributed by atoms with Crippen molar-refractivity contribution in [3.05, 3.63) is 11.1 Å². The van der Waals surface area contributed by atoms with Crippen LogP contribution < -0.4 is 5.32 Å². The van der Waals surface area contributed by atoms with E-state index in [-0.39, 0.29) is 5.54 Å². The third-order valence-electron chi connectivity index (χ3n) is 2.50. The molecule has 1 aromatic rings. The Morgan fingerprint density at radius 1 is 1.50 bits per heavy atom. The fraction of sp³-hybridized carbons (Fsp3) is 0.700. The van der Waals surface area contributed by atoms with Crippen molar-refractivity contribution in [2.24, 2.45) is 0 Å². The molecule has 1 heterocycles. The fourth-order valence-electron chi connectivity index (χ4n) is 0.886. The summed E-state index contributed by atoms with van der Waals surface area (Å²) in [7, 11) is 4.18. The molecular formula is C10H19N3S. The van der Waals surface area contributed by atoms with Crippen molar-refractivity contribution in [1.82, 2.24) is 9.88 Å². The molecule has 1 N–H and O–H groups in total. The van der Waals surface area contributed by atoms with Gasteiger partial charge >= 0.3 is 0 Å². The number of aryl methyl sites for hydroxylation is 1. The van der Waals surface area contributed by atoms with Crippen LogP contribution in [0.1, 0.15) is 18.7 Å². The second-order valence-corrected chi connectivity index (χ2v) is 5.57. The van der Waals surface area contributed by atoms with Gasteiger partial charge in [0.1, 0.15) is 0 Å². The molecule has 0 aromatic carbocycles. The van der Waals surface area contributed by atoms with E-state index in [9.17, 15) is 0 Å². The van der Waals surface area contributed by atoms with Crippen LogP contribution in [0, 0.1) is 6.92 Å². The Morgan fingerprint density at radius 3 is 2.57 bits per heavy atom. The SMILES string of the molecule is Cc1cnc(NCC(C)(C)N(C)C)s1. The van der Waals surface area contributed by atoms with Crippen LogP contribution in [-0.4, -0.2) is 36.1 Å². The lowest BCUT2D eigenvalue weighted by Crippen LogP contribution is -2.44. The second-order valence-electron chi connectivity index (χ2n) is 4.34. The normalized spacial score (nSPS) is 12.1. The number of likely N-dealkylation sites (N-methyl/N-ethyl adjacent to an activating group) is 1. The molecule has 0 aliphatic carbocycles. The molecule has 0 unspecified atom stereocenters. The molecule has 0 bridgehead atoms. The number of nitrogens with zero attached hydrogens (tertiary/aromatic N) is 2. The van der Waals surface area contributed by atoms with Gasteiger partial charge in [0, 0.05) is 23.2 Å². The van der Waals surface area contributed by atoms with Crippen LogP contribution in [0.5, 0.6) is 0 Å². The average molecular weight is 213 g/mol. The average Bonchev–Trinajstić information content (AvgIpc) is 2.48. The minimum Gasteiger partial charge on any atom is -0.360 e. The summed E-state index contributed by atoms with van der Waals surface area (Å²) in [6, 6.07) is 0. The molecule has 0 amide bonds. The summed E-state index contributed by atoms with van der Waals surface area (Å²) in [4.78, 5) is 7.72. The minimum atomic E-state index is 0.152. The fourth-order valence-corrected chi connectivity index (χ4v) is 1.55. The maximum atomic E-state index is 4.27. The van der Waals surface area contributed by atoms with E-state index in [4.69, 9.17) is 0 Å². The molecule has 14 heavy (non-hydrogen) atoms. The summed E-state index contributed by atoms with van der Waals surface area (Å²) in [6.45, 7) is 7.40. The first kappa shape index (κ1) is 11.5. The highest BCUT2D eigenvalue weighted by Gasteiger charge is 2.20. The first-order chi connectivity index (χ1) is 6.42. The van der Waals surface area contributed by atoms with Gasteiger partial charge in [-0.1, -0.05) is 0 Å². The quantitative estimate of drug-likeness (QED) is 0.831. The molecule has 0 aliphatic heterocycles. The van der Waals surface area contributed by atoms with Crippen molar-refractivity contribution >= 4 is 16.5 Å². The molecule has 0 fully saturated rings. The standard InChI is InChI=1S/C10H19N3S/c1-8-6-11-9(14-8)12-7-10(2,3)13(4)5/h6H,7H2,1-5H3,(H,11,12). The number of thiazole rings is 1. The summed E-state index contributed by atoms with van der Waals surface area (Å²) in [6.07, 6.45) is 1.90. The summed E-state index contributed by atoms with van der Waals surface area (Å²) in [5.41, 5.74) is 0.152. The van der Waals surface area contributed by atoms with Crippen molar-refractivity contribution in [3.8, 4) is 0 Å². The highest BCUT2D eigenvalue weighted by Crippen LogP contribution is 2.18. The van der Waals surface area contributed by atoms with Gasteiger partial charge in [0.15, 0.2) is 5.13 Å². The van der Waals surface area contributed by atoms with Gasteiger partial charge in [-0.05, 0) is 34.9 Å². The first-order valence-electron chi connectivity index (χ1n) is 4.75. The van der Waals surface area contributed by atoms with Crippen molar-refractivity contribution in [2.45, 2.75) is 26.3 Å². The molecule has 0 saturated carbocycles. The molecule has 0 atom stereocenters. The number of hydrogen-bond donors (Lipinski definition) is 1. The van der Waals surface area contributed by atoms with E-state index in [2.05, 4.69) is 50.1 Å². The van der Waals surface area contributed by atoms with Crippen molar-refractivity contribution in [2.75, 3.05) is 26.0 Å². The van der Waals surface area contributed by atoms with Gasteiger partial charge in [0.05, 0.1) is 0 Å². The number of aromatic nitrogens is 1. The van der Waals surface area contributed by atoms with Crippen molar-refractivity contribution in [1.29, 1.82) is 0 Å². The van der Waals surface area contributed by atoms with Crippen LogP contribution >= 0.6 is 11.3 Å². The van der Waals surface area contributed by atoms with Gasteiger partial charge in [-0.15, -0.1) is 11.3 Å². The Bertz CT molecular complexity index is 291. The second kappa shape index (κ2) is 4.28. The lowest BCUT2D eigenvalue weighted by Gasteiger charge is -2.32. The van der Waals surface area contributed by atoms with Gasteiger partial charge in [0.2, 0.25) is 0 Å². The van der Waals surface area contributed by atoms with Crippen molar-refractivity contribution in [3.63, 3.8) is 0 Å². The molecule has 3 nitrogen and oxygen atoms in total. The molecular weight excluding hydrogens is 194 g/mol. The largest absolute Gasteiger partial charge is 0.360 e. The summed E-state index contributed by atoms with van der Waals surface area (Å²) >= 11 is 1.70. The van der Waals surface area contributed by atoms with Crippen LogP contribution in [0.4, 0.5) is 5.13 Å². The summed E-state index contributed by atoms with van der Waals surface area (Å²) in [5, 5.41) is 4.36.